The lowest BCUT2D eigenvalue weighted by Gasteiger charge is -2.15. The van der Waals surface area contributed by atoms with Gasteiger partial charge in [0.1, 0.15) is 18.7 Å². The van der Waals surface area contributed by atoms with E-state index in [1.165, 1.54) is 31.3 Å². The summed E-state index contributed by atoms with van der Waals surface area (Å²) in [7, 11) is 1.62. The van der Waals surface area contributed by atoms with Gasteiger partial charge in [0.2, 0.25) is 5.91 Å². The zero-order valence-corrected chi connectivity index (χ0v) is 21.0. The van der Waals surface area contributed by atoms with Gasteiger partial charge in [0.05, 0.1) is 6.33 Å². The highest BCUT2D eigenvalue weighted by Crippen LogP contribution is 2.31. The molecule has 2 atom stereocenters. The highest BCUT2D eigenvalue weighted by atomic mass is 16.5. The van der Waals surface area contributed by atoms with Crippen molar-refractivity contribution in [1.29, 1.82) is 0 Å². The van der Waals surface area contributed by atoms with Crippen LogP contribution in [0.1, 0.15) is 66.5 Å². The predicted octanol–water partition coefficient (Wildman–Crippen LogP) is 3.06. The van der Waals surface area contributed by atoms with E-state index in [-0.39, 0.29) is 12.1 Å². The highest BCUT2D eigenvalue weighted by molar-refractivity contribution is 5.83. The molecular weight excluding hydrogens is 436 g/mol. The van der Waals surface area contributed by atoms with Crippen LogP contribution in [0.5, 0.6) is 0 Å². The van der Waals surface area contributed by atoms with Crippen LogP contribution in [-0.2, 0) is 9.53 Å². The van der Waals surface area contributed by atoms with Crippen molar-refractivity contribution in [1.82, 2.24) is 24.8 Å². The van der Waals surface area contributed by atoms with E-state index in [0.29, 0.717) is 29.9 Å². The average molecular weight is 475 g/mol. The molecule has 3 heterocycles. The number of hydrogen-bond acceptors (Lipinski definition) is 8. The molecule has 1 amide bonds. The summed E-state index contributed by atoms with van der Waals surface area (Å²) in [6.07, 6.45) is 10.7. The van der Waals surface area contributed by atoms with Gasteiger partial charge in [-0.15, -0.1) is 0 Å². The first-order valence-electron chi connectivity index (χ1n) is 11.7. The lowest BCUT2D eigenvalue weighted by molar-refractivity contribution is -0.133. The van der Waals surface area contributed by atoms with Gasteiger partial charge >= 0.3 is 0 Å². The summed E-state index contributed by atoms with van der Waals surface area (Å²) >= 11 is 0. The molecule has 1 saturated heterocycles. The van der Waals surface area contributed by atoms with Crippen molar-refractivity contribution in [3.8, 4) is 0 Å². The summed E-state index contributed by atoms with van der Waals surface area (Å²) in [5.74, 6) is -0.889. The molecule has 2 aromatic rings. The Morgan fingerprint density at radius 3 is 2.59 bits per heavy atom. The maximum atomic E-state index is 11.8. The molecule has 2 unspecified atom stereocenters. The number of amides is 1. The SMILES string of the molecule is CC.CC(C)(O)O.CNC(=O)C1CCC(n2cnc3c(NCC4=CCCC(C)=C4)ncnc32)O1. The smallest absolute Gasteiger partial charge is 0.248 e. The second-order valence-corrected chi connectivity index (χ2v) is 8.47. The van der Waals surface area contributed by atoms with Gasteiger partial charge in [-0.3, -0.25) is 9.36 Å². The number of ether oxygens (including phenoxy) is 1. The number of aromatic nitrogens is 4. The summed E-state index contributed by atoms with van der Waals surface area (Å²) in [5, 5.41) is 22.2. The molecule has 0 saturated carbocycles. The van der Waals surface area contributed by atoms with E-state index in [1.54, 1.807) is 13.4 Å². The van der Waals surface area contributed by atoms with Crippen molar-refractivity contribution in [3.63, 3.8) is 0 Å². The number of carbonyl (C=O) groups is 1. The van der Waals surface area contributed by atoms with Crippen molar-refractivity contribution in [2.24, 2.45) is 0 Å². The fraction of sp³-hybridized carbons (Fsp3) is 0.583. The number of anilines is 1. The Kier molecular flexibility index (Phi) is 10.2. The molecule has 0 aromatic carbocycles. The van der Waals surface area contributed by atoms with Crippen LogP contribution in [0.4, 0.5) is 5.82 Å². The lowest BCUT2D eigenvalue weighted by atomic mass is 10.0. The number of hydrogen-bond donors (Lipinski definition) is 4. The van der Waals surface area contributed by atoms with E-state index >= 15 is 0 Å². The first kappa shape index (κ1) is 27.4. The van der Waals surface area contributed by atoms with Crippen LogP contribution in [0.2, 0.25) is 0 Å². The number of fused-ring (bicyclic) bond motifs is 1. The Hall–Kier alpha value is -2.82. The molecule has 0 radical (unpaired) electrons. The Morgan fingerprint density at radius 2 is 1.94 bits per heavy atom. The predicted molar refractivity (Wildman–Crippen MR) is 132 cm³/mol. The number of nitrogens with one attached hydrogen (secondary N) is 2. The van der Waals surface area contributed by atoms with E-state index in [2.05, 4.69) is 44.7 Å². The van der Waals surface area contributed by atoms with Crippen molar-refractivity contribution in [2.45, 2.75) is 78.4 Å². The van der Waals surface area contributed by atoms with Crippen molar-refractivity contribution in [3.05, 3.63) is 36.0 Å². The molecule has 2 aromatic heterocycles. The van der Waals surface area contributed by atoms with Gasteiger partial charge in [-0.25, -0.2) is 15.0 Å². The van der Waals surface area contributed by atoms with Crippen LogP contribution in [0.15, 0.2) is 36.0 Å². The number of carbonyl (C=O) groups excluding carboxylic acids is 1. The van der Waals surface area contributed by atoms with E-state index < -0.39 is 11.9 Å². The number of rotatable bonds is 5. The Bertz CT molecular complexity index is 1000. The third-order valence-electron chi connectivity index (χ3n) is 5.04. The number of allylic oxidation sites excluding steroid dienone is 2. The van der Waals surface area contributed by atoms with E-state index in [1.807, 2.05) is 18.4 Å². The molecule has 0 bridgehead atoms. The molecule has 188 valence electrons. The van der Waals surface area contributed by atoms with Crippen molar-refractivity contribution in [2.75, 3.05) is 18.9 Å². The molecule has 0 spiro atoms. The van der Waals surface area contributed by atoms with Gasteiger partial charge in [-0.05, 0) is 52.0 Å². The maximum Gasteiger partial charge on any atom is 0.248 e. The van der Waals surface area contributed by atoms with Crippen LogP contribution in [0.3, 0.4) is 0 Å². The summed E-state index contributed by atoms with van der Waals surface area (Å²) < 4.78 is 7.77. The van der Waals surface area contributed by atoms with Crippen LogP contribution in [0, 0.1) is 0 Å². The molecule has 1 aliphatic heterocycles. The second-order valence-electron chi connectivity index (χ2n) is 8.47. The molecule has 10 nitrogen and oxygen atoms in total. The molecule has 4 N–H and O–H groups in total. The minimum Gasteiger partial charge on any atom is -0.366 e. The largest absolute Gasteiger partial charge is 0.366 e. The number of aliphatic hydroxyl groups is 2. The van der Waals surface area contributed by atoms with E-state index in [4.69, 9.17) is 14.9 Å². The minimum absolute atomic E-state index is 0.0944. The molecule has 1 fully saturated rings. The molecule has 2 aliphatic rings. The van der Waals surface area contributed by atoms with Crippen molar-refractivity contribution < 1.29 is 19.7 Å². The average Bonchev–Trinajstić information content (AvgIpc) is 3.45. The van der Waals surface area contributed by atoms with Gasteiger partial charge < -0.3 is 25.6 Å². The monoisotopic (exact) mass is 474 g/mol. The molecule has 34 heavy (non-hydrogen) atoms. The van der Waals surface area contributed by atoms with Gasteiger partial charge in [0, 0.05) is 13.6 Å². The molecular formula is C24H38N6O4. The van der Waals surface area contributed by atoms with Crippen LogP contribution in [-0.4, -0.2) is 61.1 Å². The third-order valence-corrected chi connectivity index (χ3v) is 5.04. The van der Waals surface area contributed by atoms with Gasteiger partial charge in [-0.1, -0.05) is 31.6 Å². The fourth-order valence-electron chi connectivity index (χ4n) is 3.61. The Balaban J connectivity index is 0.000000520. The summed E-state index contributed by atoms with van der Waals surface area (Å²) in [6.45, 7) is 9.46. The number of imidazole rings is 1. The van der Waals surface area contributed by atoms with Gasteiger partial charge in [0.25, 0.3) is 0 Å². The van der Waals surface area contributed by atoms with Gasteiger partial charge in [-0.2, -0.15) is 0 Å². The number of likely N-dealkylation sites (N-methyl/N-ethyl adjacent to an activating group) is 1. The van der Waals surface area contributed by atoms with E-state index in [9.17, 15) is 4.79 Å². The molecule has 4 rings (SSSR count). The second kappa shape index (κ2) is 12.6. The number of nitrogens with zero attached hydrogens (tertiary/aromatic N) is 4. The maximum absolute atomic E-state index is 11.8. The Morgan fingerprint density at radius 1 is 1.24 bits per heavy atom. The van der Waals surface area contributed by atoms with Crippen LogP contribution < -0.4 is 10.6 Å². The van der Waals surface area contributed by atoms with Crippen LogP contribution >= 0.6 is 0 Å². The van der Waals surface area contributed by atoms with Crippen molar-refractivity contribution >= 4 is 22.9 Å². The quantitative estimate of drug-likeness (QED) is 0.486. The zero-order chi connectivity index (χ0) is 25.3. The summed E-state index contributed by atoms with van der Waals surface area (Å²) in [4.78, 5) is 25.0. The summed E-state index contributed by atoms with van der Waals surface area (Å²) in [5.41, 5.74) is 4.08. The molecule has 1 aliphatic carbocycles. The first-order valence-corrected chi connectivity index (χ1v) is 11.7. The zero-order valence-electron chi connectivity index (χ0n) is 21.0. The third kappa shape index (κ3) is 7.89. The fourth-order valence-corrected chi connectivity index (χ4v) is 3.61. The molecule has 10 heteroatoms. The topological polar surface area (TPSA) is 134 Å². The standard InChI is InChI=1S/C19H24N6O2.C3H8O2.C2H6/c1-12-4-3-5-13(8-12)9-21-17-16-18(23-10-22-17)25(11-24-16)15-7-6-14(27-15)19(26)20-2;1-3(2,4)5;1-2/h5,8,10-11,14-15H,3-4,6-7,9H2,1-2H3,(H,20,26)(H,21,22,23);4-5H,1-2H3;1-2H3. The first-order chi connectivity index (χ1) is 16.2. The minimum atomic E-state index is -1.50. The normalized spacial score (nSPS) is 19.8. The van der Waals surface area contributed by atoms with E-state index in [0.717, 1.165) is 19.3 Å². The summed E-state index contributed by atoms with van der Waals surface area (Å²) in [6, 6.07) is 0. The van der Waals surface area contributed by atoms with Crippen LogP contribution in [0.25, 0.3) is 11.2 Å². The van der Waals surface area contributed by atoms with Gasteiger partial charge in [0.15, 0.2) is 22.8 Å². The highest BCUT2D eigenvalue weighted by Gasteiger charge is 2.32. The Labute approximate surface area is 201 Å². The lowest BCUT2D eigenvalue weighted by Crippen LogP contribution is -2.31.